The van der Waals surface area contributed by atoms with Gasteiger partial charge < -0.3 is 47.1 Å². The molecule has 8 N–H and O–H groups in total. The van der Waals surface area contributed by atoms with E-state index in [4.69, 9.17) is 56.2 Å². The number of pyridine rings is 8. The van der Waals surface area contributed by atoms with Gasteiger partial charge in [-0.25, -0.2) is 28.4 Å². The number of para-hydroxylation sites is 1. The first kappa shape index (κ1) is 83.3. The van der Waals surface area contributed by atoms with E-state index in [-0.39, 0.29) is 29.9 Å². The number of hydrogen-bond donors (Lipinski definition) is 8. The van der Waals surface area contributed by atoms with Crippen LogP contribution in [0.5, 0.6) is 0 Å². The van der Waals surface area contributed by atoms with Crippen molar-refractivity contribution in [3.05, 3.63) is 316 Å². The molecule has 5 aromatic carbocycles. The average Bonchev–Trinajstić information content (AvgIpc) is 0.793. The lowest BCUT2D eigenvalue weighted by Crippen LogP contribution is -2.39. The second-order valence-corrected chi connectivity index (χ2v) is 28.1. The number of sulfone groups is 1. The molecule has 0 radical (unpaired) electrons. The van der Waals surface area contributed by atoms with Crippen LogP contribution in [0.3, 0.4) is 0 Å². The Morgan fingerprint density at radius 1 is 0.400 bits per heavy atom. The number of nitrogens with zero attached hydrogens (tertiary/aromatic N) is 9. The minimum Gasteiger partial charge on any atom is -0.395 e. The Morgan fingerprint density at radius 2 is 0.739 bits per heavy atom. The van der Waals surface area contributed by atoms with Gasteiger partial charge in [-0.15, -0.1) is 0 Å². The SMILES string of the molecule is O=C(Nc1ccc(Cl)c(-c2ccccn2)c1)c1ccc(NCCN2CCOCC2)nc1.O=C(Nc1ccc(Cl)c(-c2ccccn2)c1)c1ccc(NCCO)nc1.O=C(Nc1ccc(Cl)c(-c2ccccn2)c1)c1ccc(Nc2ccccc2)nc1.O=C(Nc1ccc(Cl)c(-c2ccccn2)c1)c1ccc(S(=O)(=O)C(F)(F)F)nc1. The van der Waals surface area contributed by atoms with E-state index in [1.165, 1.54) is 18.5 Å². The predicted octanol–water partition coefficient (Wildman–Crippen LogP) is 17.4. The van der Waals surface area contributed by atoms with Gasteiger partial charge in [-0.05, 0) is 182 Å². The van der Waals surface area contributed by atoms with E-state index in [1.54, 1.807) is 140 Å². The summed E-state index contributed by atoms with van der Waals surface area (Å²) in [6.45, 7) is 5.64. The van der Waals surface area contributed by atoms with Crippen LogP contribution in [-0.2, 0) is 14.6 Å². The number of morpholine rings is 1. The first-order valence-corrected chi connectivity index (χ1v) is 38.1. The number of alkyl halides is 3. The molecular weight excluding hydrogens is 1580 g/mol. The highest BCUT2D eigenvalue weighted by atomic mass is 35.5. The first-order chi connectivity index (χ1) is 55.6. The van der Waals surface area contributed by atoms with Crippen LogP contribution in [0.15, 0.2) is 279 Å². The normalized spacial score (nSPS) is 11.8. The topological polar surface area (TPSA) is 322 Å². The van der Waals surface area contributed by atoms with Crippen LogP contribution in [0, 0.1) is 0 Å². The number of carbonyl (C=O) groups excluding carboxylic acids is 4. The van der Waals surface area contributed by atoms with Crippen molar-refractivity contribution in [1.82, 2.24) is 44.8 Å². The van der Waals surface area contributed by atoms with Gasteiger partial charge in [0.2, 0.25) is 0 Å². The maximum atomic E-state index is 12.6. The number of aliphatic hydroxyl groups is 1. The highest BCUT2D eigenvalue weighted by Gasteiger charge is 2.48. The summed E-state index contributed by atoms with van der Waals surface area (Å²) in [6.07, 6.45) is 12.0. The third-order valence-corrected chi connectivity index (χ3v) is 19.3. The minimum absolute atomic E-state index is 0.0130. The third-order valence-electron chi connectivity index (χ3n) is 16.6. The molecule has 0 aliphatic carbocycles. The Hall–Kier alpha value is -12.6. The number of halogens is 7. The lowest BCUT2D eigenvalue weighted by molar-refractivity contribution is -0.0438. The Bertz CT molecular complexity index is 5540. The lowest BCUT2D eigenvalue weighted by Gasteiger charge is -2.26. The van der Waals surface area contributed by atoms with Gasteiger partial charge in [-0.3, -0.25) is 44.0 Å². The van der Waals surface area contributed by atoms with E-state index in [0.29, 0.717) is 95.0 Å². The van der Waals surface area contributed by atoms with Gasteiger partial charge in [-0.2, -0.15) is 13.2 Å². The van der Waals surface area contributed by atoms with Gasteiger partial charge in [-0.1, -0.05) is 88.9 Å². The molecule has 0 bridgehead atoms. The Balaban J connectivity index is 0.000000151. The second-order valence-electron chi connectivity index (χ2n) is 24.6. The molecule has 0 unspecified atom stereocenters. The minimum atomic E-state index is -5.58. The molecule has 0 spiro atoms. The van der Waals surface area contributed by atoms with E-state index in [1.807, 2.05) is 97.1 Å². The zero-order valence-corrected chi connectivity index (χ0v) is 64.4. The molecule has 4 amide bonds. The Kier molecular flexibility index (Phi) is 29.5. The van der Waals surface area contributed by atoms with E-state index in [0.717, 1.165) is 96.9 Å². The molecule has 32 heteroatoms. The summed E-state index contributed by atoms with van der Waals surface area (Å²) in [7, 11) is -5.58. The molecule has 13 aromatic rings. The van der Waals surface area contributed by atoms with Crippen LogP contribution in [0.25, 0.3) is 45.0 Å². The summed E-state index contributed by atoms with van der Waals surface area (Å²) in [6, 6.07) is 64.3. The number of aromatic nitrogens is 8. The van der Waals surface area contributed by atoms with E-state index in [2.05, 4.69) is 82.0 Å². The van der Waals surface area contributed by atoms with Crippen molar-refractivity contribution in [3.63, 3.8) is 0 Å². The van der Waals surface area contributed by atoms with Crippen LogP contribution in [0.2, 0.25) is 20.1 Å². The number of aliphatic hydroxyl groups excluding tert-OH is 1. The van der Waals surface area contributed by atoms with Crippen molar-refractivity contribution in [2.75, 3.05) is 89.8 Å². The quantitative estimate of drug-likeness (QED) is 0.0312. The number of ether oxygens (including phenoxy) is 1. The summed E-state index contributed by atoms with van der Waals surface area (Å²) >= 11 is 25.0. The number of benzene rings is 5. The van der Waals surface area contributed by atoms with Gasteiger partial charge in [0.15, 0.2) is 5.03 Å². The number of rotatable bonds is 22. The van der Waals surface area contributed by atoms with Gasteiger partial charge in [0, 0.05) is 133 Å². The number of nitrogens with one attached hydrogen (secondary N) is 7. The molecule has 9 heterocycles. The smallest absolute Gasteiger partial charge is 0.395 e. The summed E-state index contributed by atoms with van der Waals surface area (Å²) in [5, 5.41) is 30.3. The van der Waals surface area contributed by atoms with E-state index >= 15 is 0 Å². The van der Waals surface area contributed by atoms with Crippen molar-refractivity contribution in [3.8, 4) is 45.0 Å². The zero-order chi connectivity index (χ0) is 81.1. The molecule has 584 valence electrons. The molecule has 115 heavy (non-hydrogen) atoms. The van der Waals surface area contributed by atoms with Crippen molar-refractivity contribution in [2.24, 2.45) is 0 Å². The molecule has 1 saturated heterocycles. The van der Waals surface area contributed by atoms with Gasteiger partial charge in [0.1, 0.15) is 17.5 Å². The van der Waals surface area contributed by atoms with Gasteiger partial charge in [0.25, 0.3) is 33.5 Å². The fourth-order valence-electron chi connectivity index (χ4n) is 10.8. The number of amides is 4. The molecule has 24 nitrogen and oxygen atoms in total. The zero-order valence-electron chi connectivity index (χ0n) is 60.5. The Morgan fingerprint density at radius 3 is 1.05 bits per heavy atom. The molecule has 0 saturated carbocycles. The monoisotopic (exact) mass is 1650 g/mol. The van der Waals surface area contributed by atoms with Crippen LogP contribution < -0.4 is 37.2 Å². The van der Waals surface area contributed by atoms with Crippen molar-refractivity contribution >= 4 is 126 Å². The number of hydrogen-bond acceptors (Lipinski definition) is 20. The van der Waals surface area contributed by atoms with Crippen LogP contribution in [0.1, 0.15) is 41.4 Å². The number of carbonyl (C=O) groups is 4. The highest BCUT2D eigenvalue weighted by Crippen LogP contribution is 2.35. The van der Waals surface area contributed by atoms with E-state index < -0.39 is 26.3 Å². The molecular formula is C83H69Cl4F3N16O8S. The molecule has 1 aliphatic heterocycles. The summed E-state index contributed by atoms with van der Waals surface area (Å²) in [4.78, 5) is 85.5. The molecule has 14 rings (SSSR count). The fourth-order valence-corrected chi connectivity index (χ4v) is 12.3. The first-order valence-electron chi connectivity index (χ1n) is 35.1. The largest absolute Gasteiger partial charge is 0.503 e. The third kappa shape index (κ3) is 24.0. The van der Waals surface area contributed by atoms with E-state index in [9.17, 15) is 40.8 Å². The predicted molar refractivity (Wildman–Crippen MR) is 442 cm³/mol. The summed E-state index contributed by atoms with van der Waals surface area (Å²) in [5.74, 6) is 0.549. The van der Waals surface area contributed by atoms with Crippen LogP contribution in [-0.4, -0.2) is 140 Å². The van der Waals surface area contributed by atoms with Gasteiger partial charge >= 0.3 is 5.51 Å². The van der Waals surface area contributed by atoms with Crippen molar-refractivity contribution < 1.29 is 50.6 Å². The fraction of sp³-hybridized carbons (Fsp3) is 0.108. The van der Waals surface area contributed by atoms with Crippen molar-refractivity contribution in [1.29, 1.82) is 0 Å². The summed E-state index contributed by atoms with van der Waals surface area (Å²) in [5.41, 5.74) is 4.56. The standard InChI is InChI=1S/C23H24ClN5O2.C23H17ClN4O.C19H17ClN4O2.C18H11ClF3N3O3S/c24-20-6-5-18(15-19(20)21-3-1-2-8-25-21)28-23(30)17-4-7-22(27-16-17)26-9-10-29-11-13-31-14-12-29;24-20-11-10-18(14-19(20)21-8-4-5-13-25-21)28-23(29)16-9-12-22(26-15-16)27-17-6-2-1-3-7-17;20-16-6-5-14(11-15(16)17-3-1-2-8-21-17)24-19(26)13-4-7-18(23-12-13)22-9-10-25;19-14-6-5-12(9-13(14)15-3-1-2-8-23-15)25-17(26)11-4-7-16(24-10-11)29(27,28)18(20,21)22/h1-8,15-16H,9-14H2,(H,26,27)(H,28,30);1-15H,(H,26,27)(H,28,29);1-8,11-12,25H,9-10H2,(H,22,23)(H,24,26);1-10H,(H,25,26). The molecule has 1 aliphatic rings. The molecule has 8 aromatic heterocycles. The lowest BCUT2D eigenvalue weighted by atomic mass is 10.1. The van der Waals surface area contributed by atoms with Gasteiger partial charge in [0.05, 0.1) is 84.9 Å². The average molecular weight is 1650 g/mol. The van der Waals surface area contributed by atoms with Crippen LogP contribution >= 0.6 is 46.4 Å². The van der Waals surface area contributed by atoms with Crippen LogP contribution in [0.4, 0.5) is 59.1 Å². The second kappa shape index (κ2) is 40.7. The maximum absolute atomic E-state index is 12.6. The Labute approximate surface area is 678 Å². The number of anilines is 8. The molecule has 1 fully saturated rings. The molecule has 0 atom stereocenters. The van der Waals surface area contributed by atoms with Crippen molar-refractivity contribution in [2.45, 2.75) is 10.5 Å². The summed E-state index contributed by atoms with van der Waals surface area (Å²) < 4.78 is 65.7. The maximum Gasteiger partial charge on any atom is 0.503 e. The highest BCUT2D eigenvalue weighted by molar-refractivity contribution is 7.92.